The second-order valence-electron chi connectivity index (χ2n) is 4.49. The lowest BCUT2D eigenvalue weighted by Gasteiger charge is -2.15. The quantitative estimate of drug-likeness (QED) is 0.749. The molecular weight excluding hydrogens is 293 g/mol. The smallest absolute Gasteiger partial charge is 0.106 e. The summed E-state index contributed by atoms with van der Waals surface area (Å²) in [6.45, 7) is 0. The van der Waals surface area contributed by atoms with Crippen molar-refractivity contribution >= 4 is 34.0 Å². The topological polar surface area (TPSA) is 33.1 Å². The maximum atomic E-state index is 10.6. The van der Waals surface area contributed by atoms with Gasteiger partial charge in [0, 0.05) is 23.3 Å². The van der Waals surface area contributed by atoms with Crippen molar-refractivity contribution in [1.82, 2.24) is 4.98 Å². The van der Waals surface area contributed by atoms with Gasteiger partial charge in [0.15, 0.2) is 0 Å². The molecule has 2 aromatic carbocycles. The van der Waals surface area contributed by atoms with E-state index in [1.807, 2.05) is 24.3 Å². The average molecular weight is 304 g/mol. The average Bonchev–Trinajstić information content (AvgIpc) is 2.49. The zero-order chi connectivity index (χ0) is 14.1. The molecule has 3 rings (SSSR count). The number of hydrogen-bond donors (Lipinski definition) is 1. The van der Waals surface area contributed by atoms with Crippen LogP contribution in [0.4, 0.5) is 0 Å². The van der Waals surface area contributed by atoms with Crippen molar-refractivity contribution in [2.45, 2.75) is 6.10 Å². The van der Waals surface area contributed by atoms with E-state index in [1.54, 1.807) is 30.6 Å². The fourth-order valence-corrected chi connectivity index (χ4v) is 2.69. The molecule has 2 nitrogen and oxygen atoms in total. The molecule has 0 bridgehead atoms. The van der Waals surface area contributed by atoms with Crippen molar-refractivity contribution in [3.05, 3.63) is 76.0 Å². The van der Waals surface area contributed by atoms with Gasteiger partial charge in [-0.2, -0.15) is 0 Å². The fraction of sp³-hybridized carbons (Fsp3) is 0.0625. The first-order valence-electron chi connectivity index (χ1n) is 6.13. The van der Waals surface area contributed by atoms with E-state index in [1.165, 1.54) is 0 Å². The third-order valence-corrected chi connectivity index (χ3v) is 4.12. The third kappa shape index (κ3) is 2.27. The first-order chi connectivity index (χ1) is 9.68. The molecule has 0 saturated carbocycles. The van der Waals surface area contributed by atoms with E-state index in [-0.39, 0.29) is 0 Å². The van der Waals surface area contributed by atoms with Crippen molar-refractivity contribution in [2.75, 3.05) is 0 Å². The SMILES string of the molecule is OC(c1cccc(Cl)c1Cl)c1cccc2ccncc12. The maximum Gasteiger partial charge on any atom is 0.106 e. The lowest BCUT2D eigenvalue weighted by molar-refractivity contribution is 0.222. The van der Waals surface area contributed by atoms with Crippen molar-refractivity contribution in [3.8, 4) is 0 Å². The van der Waals surface area contributed by atoms with Crippen LogP contribution in [0.2, 0.25) is 10.0 Å². The molecule has 0 spiro atoms. The van der Waals surface area contributed by atoms with Crippen LogP contribution < -0.4 is 0 Å². The first kappa shape index (κ1) is 13.4. The number of fused-ring (bicyclic) bond motifs is 1. The van der Waals surface area contributed by atoms with Gasteiger partial charge in [-0.3, -0.25) is 4.98 Å². The number of halogens is 2. The Bertz CT molecular complexity index is 768. The summed E-state index contributed by atoms with van der Waals surface area (Å²) in [6, 6.07) is 12.9. The Kier molecular flexibility index (Phi) is 3.62. The van der Waals surface area contributed by atoms with Crippen molar-refractivity contribution < 1.29 is 5.11 Å². The molecule has 1 atom stereocenters. The Morgan fingerprint density at radius 1 is 0.950 bits per heavy atom. The number of nitrogens with zero attached hydrogens (tertiary/aromatic N) is 1. The fourth-order valence-electron chi connectivity index (χ4n) is 2.27. The van der Waals surface area contributed by atoms with Gasteiger partial charge in [0.1, 0.15) is 6.10 Å². The molecular formula is C16H11Cl2NO. The number of aromatic nitrogens is 1. The van der Waals surface area contributed by atoms with Crippen LogP contribution in [-0.2, 0) is 0 Å². The monoisotopic (exact) mass is 303 g/mol. The van der Waals surface area contributed by atoms with Crippen LogP contribution in [0, 0.1) is 0 Å². The Labute approximate surface area is 126 Å². The lowest BCUT2D eigenvalue weighted by atomic mass is 9.97. The Hall–Kier alpha value is -1.61. The summed E-state index contributed by atoms with van der Waals surface area (Å²) in [5.74, 6) is 0. The van der Waals surface area contributed by atoms with E-state index in [2.05, 4.69) is 4.98 Å². The summed E-state index contributed by atoms with van der Waals surface area (Å²) in [5, 5.41) is 13.4. The first-order valence-corrected chi connectivity index (χ1v) is 6.88. The van der Waals surface area contributed by atoms with Gasteiger partial charge < -0.3 is 5.11 Å². The summed E-state index contributed by atoms with van der Waals surface area (Å²) in [6.07, 6.45) is 2.63. The van der Waals surface area contributed by atoms with Gasteiger partial charge in [-0.05, 0) is 23.1 Å². The zero-order valence-corrected chi connectivity index (χ0v) is 11.9. The highest BCUT2D eigenvalue weighted by Gasteiger charge is 2.17. The van der Waals surface area contributed by atoms with Gasteiger partial charge in [0.25, 0.3) is 0 Å². The normalized spacial score (nSPS) is 12.6. The summed E-state index contributed by atoms with van der Waals surface area (Å²) >= 11 is 12.2. The van der Waals surface area contributed by atoms with Crippen LogP contribution in [0.3, 0.4) is 0 Å². The highest BCUT2D eigenvalue weighted by atomic mass is 35.5. The molecule has 1 heterocycles. The molecule has 3 aromatic rings. The molecule has 1 N–H and O–H groups in total. The van der Waals surface area contributed by atoms with E-state index >= 15 is 0 Å². The zero-order valence-electron chi connectivity index (χ0n) is 10.4. The number of aliphatic hydroxyl groups is 1. The van der Waals surface area contributed by atoms with Crippen LogP contribution in [-0.4, -0.2) is 10.1 Å². The minimum absolute atomic E-state index is 0.377. The largest absolute Gasteiger partial charge is 0.384 e. The summed E-state index contributed by atoms with van der Waals surface area (Å²) in [5.41, 5.74) is 1.36. The second-order valence-corrected chi connectivity index (χ2v) is 5.27. The summed E-state index contributed by atoms with van der Waals surface area (Å²) < 4.78 is 0. The standard InChI is InChI=1S/C16H11Cl2NO/c17-14-6-2-5-12(15(14)18)16(20)11-4-1-3-10-7-8-19-9-13(10)11/h1-9,16,20H. The predicted molar refractivity (Wildman–Crippen MR) is 82.3 cm³/mol. The molecule has 4 heteroatoms. The minimum atomic E-state index is -0.839. The second kappa shape index (κ2) is 5.41. The highest BCUT2D eigenvalue weighted by Crippen LogP contribution is 2.35. The van der Waals surface area contributed by atoms with Crippen LogP contribution in [0.5, 0.6) is 0 Å². The van der Waals surface area contributed by atoms with Gasteiger partial charge in [0.05, 0.1) is 10.0 Å². The van der Waals surface area contributed by atoms with Gasteiger partial charge >= 0.3 is 0 Å². The minimum Gasteiger partial charge on any atom is -0.384 e. The molecule has 0 amide bonds. The van der Waals surface area contributed by atoms with Crippen LogP contribution in [0.15, 0.2) is 54.9 Å². The Balaban J connectivity index is 2.18. The molecule has 0 saturated heterocycles. The van der Waals surface area contributed by atoms with Gasteiger partial charge in [-0.1, -0.05) is 53.5 Å². The third-order valence-electron chi connectivity index (χ3n) is 3.29. The molecule has 0 radical (unpaired) electrons. The highest BCUT2D eigenvalue weighted by molar-refractivity contribution is 6.42. The van der Waals surface area contributed by atoms with E-state index in [0.29, 0.717) is 15.6 Å². The van der Waals surface area contributed by atoms with Crippen LogP contribution in [0.25, 0.3) is 10.8 Å². The summed E-state index contributed by atoms with van der Waals surface area (Å²) in [7, 11) is 0. The van der Waals surface area contributed by atoms with E-state index in [9.17, 15) is 5.11 Å². The number of hydrogen-bond acceptors (Lipinski definition) is 2. The van der Waals surface area contributed by atoms with Crippen LogP contribution >= 0.6 is 23.2 Å². The van der Waals surface area contributed by atoms with Crippen LogP contribution in [0.1, 0.15) is 17.2 Å². The summed E-state index contributed by atoms with van der Waals surface area (Å²) in [4.78, 5) is 4.12. The van der Waals surface area contributed by atoms with Crippen molar-refractivity contribution in [2.24, 2.45) is 0 Å². The number of rotatable bonds is 2. The number of pyridine rings is 1. The van der Waals surface area contributed by atoms with E-state index in [0.717, 1.165) is 16.3 Å². The number of benzene rings is 2. The van der Waals surface area contributed by atoms with Crippen molar-refractivity contribution in [1.29, 1.82) is 0 Å². The molecule has 100 valence electrons. The Morgan fingerprint density at radius 3 is 2.55 bits per heavy atom. The molecule has 0 aliphatic rings. The maximum absolute atomic E-state index is 10.6. The molecule has 1 aromatic heterocycles. The molecule has 0 aliphatic heterocycles. The van der Waals surface area contributed by atoms with E-state index in [4.69, 9.17) is 23.2 Å². The molecule has 0 aliphatic carbocycles. The van der Waals surface area contributed by atoms with Gasteiger partial charge in [-0.15, -0.1) is 0 Å². The molecule has 0 fully saturated rings. The van der Waals surface area contributed by atoms with Gasteiger partial charge in [0.2, 0.25) is 0 Å². The van der Waals surface area contributed by atoms with Gasteiger partial charge in [-0.25, -0.2) is 0 Å². The molecule has 20 heavy (non-hydrogen) atoms. The predicted octanol–water partition coefficient (Wildman–Crippen LogP) is 4.62. The van der Waals surface area contributed by atoms with Crippen molar-refractivity contribution in [3.63, 3.8) is 0 Å². The number of aliphatic hydroxyl groups excluding tert-OH is 1. The lowest BCUT2D eigenvalue weighted by Crippen LogP contribution is -2.01. The van der Waals surface area contributed by atoms with E-state index < -0.39 is 6.10 Å². The molecule has 1 unspecified atom stereocenters. The Morgan fingerprint density at radius 2 is 1.70 bits per heavy atom.